The molecule has 0 spiro atoms. The van der Waals surface area contributed by atoms with Crippen LogP contribution in [0.5, 0.6) is 5.75 Å². The molecule has 2 amide bonds. The summed E-state index contributed by atoms with van der Waals surface area (Å²) in [7, 11) is 0. The van der Waals surface area contributed by atoms with Crippen molar-refractivity contribution in [2.24, 2.45) is 0 Å². The summed E-state index contributed by atoms with van der Waals surface area (Å²) in [6.45, 7) is 3.85. The van der Waals surface area contributed by atoms with Crippen molar-refractivity contribution >= 4 is 23.2 Å². The van der Waals surface area contributed by atoms with E-state index in [-0.39, 0.29) is 23.7 Å². The second-order valence-electron chi connectivity index (χ2n) is 6.13. The molecule has 0 saturated carbocycles. The van der Waals surface area contributed by atoms with Crippen LogP contribution >= 0.6 is 0 Å². The summed E-state index contributed by atoms with van der Waals surface area (Å²) >= 11 is 0. The number of para-hydroxylation sites is 2. The summed E-state index contributed by atoms with van der Waals surface area (Å²) in [5.74, 6) is 0.220. The van der Waals surface area contributed by atoms with Gasteiger partial charge in [-0.3, -0.25) is 9.59 Å². The Labute approximate surface area is 157 Å². The Bertz CT molecular complexity index is 916. The maximum Gasteiger partial charge on any atom is 0.291 e. The zero-order valence-corrected chi connectivity index (χ0v) is 15.1. The van der Waals surface area contributed by atoms with Crippen LogP contribution in [-0.2, 0) is 0 Å². The number of hydrogen-bond donors (Lipinski definition) is 2. The maximum atomic E-state index is 12.5. The number of amides is 2. The molecule has 138 valence electrons. The number of hydrogen-bond acceptors (Lipinski definition) is 4. The Morgan fingerprint density at radius 3 is 2.30 bits per heavy atom. The fraction of sp³-hybridized carbons (Fsp3) is 0.143. The van der Waals surface area contributed by atoms with Crippen molar-refractivity contribution in [2.45, 2.75) is 20.0 Å². The zero-order chi connectivity index (χ0) is 19.2. The van der Waals surface area contributed by atoms with Gasteiger partial charge >= 0.3 is 0 Å². The number of benzene rings is 2. The van der Waals surface area contributed by atoms with E-state index in [0.717, 1.165) is 0 Å². The van der Waals surface area contributed by atoms with Gasteiger partial charge in [0, 0.05) is 11.3 Å². The van der Waals surface area contributed by atoms with E-state index in [0.29, 0.717) is 22.7 Å². The first-order chi connectivity index (χ1) is 13.0. The second-order valence-corrected chi connectivity index (χ2v) is 6.13. The SMILES string of the molecule is CC(C)Oc1ccccc1NC(=O)c1ccc(NC(=O)c2ccco2)cc1. The number of carbonyl (C=O) groups is 2. The Hall–Kier alpha value is -3.54. The highest BCUT2D eigenvalue weighted by molar-refractivity contribution is 6.06. The third kappa shape index (κ3) is 4.76. The topological polar surface area (TPSA) is 80.6 Å². The molecule has 0 radical (unpaired) electrons. The standard InChI is InChI=1S/C21H20N2O4/c1-14(2)27-18-7-4-3-6-17(18)23-20(24)15-9-11-16(12-10-15)22-21(25)19-8-5-13-26-19/h3-14H,1-2H3,(H,22,25)(H,23,24). The molecule has 0 aliphatic heterocycles. The molecule has 0 atom stereocenters. The smallest absolute Gasteiger partial charge is 0.291 e. The summed E-state index contributed by atoms with van der Waals surface area (Å²) in [5, 5.41) is 5.55. The minimum absolute atomic E-state index is 0.000101. The number of nitrogens with one attached hydrogen (secondary N) is 2. The summed E-state index contributed by atoms with van der Waals surface area (Å²) in [5.41, 5.74) is 1.63. The van der Waals surface area contributed by atoms with E-state index >= 15 is 0 Å². The summed E-state index contributed by atoms with van der Waals surface area (Å²) in [4.78, 5) is 24.5. The van der Waals surface area contributed by atoms with Crippen LogP contribution in [0.2, 0.25) is 0 Å². The lowest BCUT2D eigenvalue weighted by Gasteiger charge is -2.15. The van der Waals surface area contributed by atoms with Gasteiger partial charge in [0.1, 0.15) is 5.75 Å². The lowest BCUT2D eigenvalue weighted by molar-refractivity contribution is 0.0995. The summed E-state index contributed by atoms with van der Waals surface area (Å²) < 4.78 is 10.8. The van der Waals surface area contributed by atoms with E-state index in [1.807, 2.05) is 32.0 Å². The number of ether oxygens (including phenoxy) is 1. The molecule has 0 unspecified atom stereocenters. The predicted molar refractivity (Wildman–Crippen MR) is 103 cm³/mol. The van der Waals surface area contributed by atoms with Crippen molar-refractivity contribution in [2.75, 3.05) is 10.6 Å². The first kappa shape index (κ1) is 18.3. The highest BCUT2D eigenvalue weighted by atomic mass is 16.5. The first-order valence-corrected chi connectivity index (χ1v) is 8.55. The van der Waals surface area contributed by atoms with E-state index in [4.69, 9.17) is 9.15 Å². The normalized spacial score (nSPS) is 10.5. The minimum Gasteiger partial charge on any atom is -0.489 e. The molecule has 0 fully saturated rings. The fourth-order valence-electron chi connectivity index (χ4n) is 2.43. The van der Waals surface area contributed by atoms with Gasteiger partial charge in [0.05, 0.1) is 18.1 Å². The van der Waals surface area contributed by atoms with Crippen LogP contribution in [0.4, 0.5) is 11.4 Å². The van der Waals surface area contributed by atoms with E-state index in [2.05, 4.69) is 10.6 Å². The number of furan rings is 1. The van der Waals surface area contributed by atoms with Crippen LogP contribution in [0, 0.1) is 0 Å². The summed E-state index contributed by atoms with van der Waals surface area (Å²) in [6.07, 6.45) is 1.43. The molecule has 6 nitrogen and oxygen atoms in total. The van der Waals surface area contributed by atoms with Gasteiger partial charge in [0.2, 0.25) is 0 Å². The van der Waals surface area contributed by atoms with Gasteiger partial charge in [-0.2, -0.15) is 0 Å². The van der Waals surface area contributed by atoms with Gasteiger partial charge in [-0.1, -0.05) is 12.1 Å². The van der Waals surface area contributed by atoms with Gasteiger partial charge in [-0.15, -0.1) is 0 Å². The number of anilines is 2. The molecule has 3 rings (SSSR count). The molecule has 6 heteroatoms. The minimum atomic E-state index is -0.350. The number of rotatable bonds is 6. The van der Waals surface area contributed by atoms with E-state index < -0.39 is 0 Å². The molecule has 0 aliphatic carbocycles. The highest BCUT2D eigenvalue weighted by Crippen LogP contribution is 2.25. The summed E-state index contributed by atoms with van der Waals surface area (Å²) in [6, 6.07) is 17.1. The lowest BCUT2D eigenvalue weighted by Crippen LogP contribution is -2.15. The molecule has 0 bridgehead atoms. The van der Waals surface area contributed by atoms with Gasteiger partial charge in [-0.05, 0) is 62.4 Å². The van der Waals surface area contributed by atoms with Crippen molar-refractivity contribution in [3.8, 4) is 5.75 Å². The van der Waals surface area contributed by atoms with Crippen molar-refractivity contribution < 1.29 is 18.7 Å². The monoisotopic (exact) mass is 364 g/mol. The Kier molecular flexibility index (Phi) is 5.56. The maximum absolute atomic E-state index is 12.5. The van der Waals surface area contributed by atoms with Crippen molar-refractivity contribution in [1.82, 2.24) is 0 Å². The number of carbonyl (C=O) groups excluding carboxylic acids is 2. The molecule has 1 heterocycles. The van der Waals surface area contributed by atoms with E-state index in [1.54, 1.807) is 42.5 Å². The second kappa shape index (κ2) is 8.23. The lowest BCUT2D eigenvalue weighted by atomic mass is 10.2. The van der Waals surface area contributed by atoms with Crippen LogP contribution in [-0.4, -0.2) is 17.9 Å². The molecule has 1 aromatic heterocycles. The van der Waals surface area contributed by atoms with Crippen LogP contribution in [0.3, 0.4) is 0 Å². The Balaban J connectivity index is 1.67. The van der Waals surface area contributed by atoms with Crippen molar-refractivity contribution in [3.05, 3.63) is 78.3 Å². The van der Waals surface area contributed by atoms with Gasteiger partial charge in [0.25, 0.3) is 11.8 Å². The van der Waals surface area contributed by atoms with Gasteiger partial charge < -0.3 is 19.8 Å². The Morgan fingerprint density at radius 2 is 1.63 bits per heavy atom. The third-order valence-electron chi connectivity index (χ3n) is 3.65. The first-order valence-electron chi connectivity index (χ1n) is 8.55. The molecule has 0 aliphatic rings. The Morgan fingerprint density at radius 1 is 0.889 bits per heavy atom. The van der Waals surface area contributed by atoms with Crippen molar-refractivity contribution in [1.29, 1.82) is 0 Å². The quantitative estimate of drug-likeness (QED) is 0.671. The van der Waals surface area contributed by atoms with Crippen LogP contribution in [0.25, 0.3) is 0 Å². The molecule has 2 N–H and O–H groups in total. The molecule has 3 aromatic rings. The largest absolute Gasteiger partial charge is 0.489 e. The average molecular weight is 364 g/mol. The van der Waals surface area contributed by atoms with Crippen LogP contribution in [0.1, 0.15) is 34.8 Å². The highest BCUT2D eigenvalue weighted by Gasteiger charge is 2.12. The molecule has 0 saturated heterocycles. The van der Waals surface area contributed by atoms with Crippen molar-refractivity contribution in [3.63, 3.8) is 0 Å². The zero-order valence-electron chi connectivity index (χ0n) is 15.1. The van der Waals surface area contributed by atoms with Gasteiger partial charge in [-0.25, -0.2) is 0 Å². The van der Waals surface area contributed by atoms with Gasteiger partial charge in [0.15, 0.2) is 5.76 Å². The molecular weight excluding hydrogens is 344 g/mol. The third-order valence-corrected chi connectivity index (χ3v) is 3.65. The average Bonchev–Trinajstić information content (AvgIpc) is 3.18. The molecule has 2 aromatic carbocycles. The van der Waals surface area contributed by atoms with E-state index in [9.17, 15) is 9.59 Å². The van der Waals surface area contributed by atoms with Crippen LogP contribution in [0.15, 0.2) is 71.3 Å². The molecule has 27 heavy (non-hydrogen) atoms. The predicted octanol–water partition coefficient (Wildman–Crippen LogP) is 4.57. The van der Waals surface area contributed by atoms with E-state index in [1.165, 1.54) is 6.26 Å². The molecular formula is C21H20N2O4. The van der Waals surface area contributed by atoms with Crippen LogP contribution < -0.4 is 15.4 Å². The fourth-order valence-corrected chi connectivity index (χ4v) is 2.43.